The summed E-state index contributed by atoms with van der Waals surface area (Å²) in [6.45, 7) is 2.53. The molecule has 0 aromatic heterocycles. The highest BCUT2D eigenvalue weighted by molar-refractivity contribution is 5.97. The summed E-state index contributed by atoms with van der Waals surface area (Å²) in [5.41, 5.74) is -0.905. The number of aryl methyl sites for hydroxylation is 1. The zero-order chi connectivity index (χ0) is 12.5. The first-order chi connectivity index (χ1) is 7.29. The van der Waals surface area contributed by atoms with E-state index in [0.29, 0.717) is 0 Å². The monoisotopic (exact) mass is 232 g/mol. The van der Waals surface area contributed by atoms with Gasteiger partial charge in [0, 0.05) is 0 Å². The molecule has 0 fully saturated rings. The first-order valence-electron chi connectivity index (χ1n) is 4.54. The van der Waals surface area contributed by atoms with Crippen molar-refractivity contribution in [3.63, 3.8) is 0 Å². The summed E-state index contributed by atoms with van der Waals surface area (Å²) in [7, 11) is 1.12. The second-order valence-corrected chi connectivity index (χ2v) is 3.39. The highest BCUT2D eigenvalue weighted by atomic mass is 19.4. The molecular weight excluding hydrogens is 221 g/mol. The van der Waals surface area contributed by atoms with E-state index in [0.717, 1.165) is 7.11 Å². The fraction of sp³-hybridized carbons (Fsp3) is 0.364. The Hall–Kier alpha value is -1.52. The fourth-order valence-electron chi connectivity index (χ4n) is 1.52. The Morgan fingerprint density at radius 3 is 2.25 bits per heavy atom. The normalized spacial score (nSPS) is 11.4. The molecule has 2 nitrogen and oxygen atoms in total. The minimum absolute atomic E-state index is 0.0364. The summed E-state index contributed by atoms with van der Waals surface area (Å²) in [5, 5.41) is 0. The predicted molar refractivity (Wildman–Crippen MR) is 52.7 cm³/mol. The molecule has 0 heterocycles. The van der Waals surface area contributed by atoms with Gasteiger partial charge in [-0.15, -0.1) is 0 Å². The minimum Gasteiger partial charge on any atom is -0.495 e. The van der Waals surface area contributed by atoms with Crippen LogP contribution in [-0.2, 0) is 6.18 Å². The number of methoxy groups -OCH3 is 1. The van der Waals surface area contributed by atoms with Crippen LogP contribution in [0, 0.1) is 6.92 Å². The zero-order valence-corrected chi connectivity index (χ0v) is 9.11. The molecule has 1 aromatic rings. The van der Waals surface area contributed by atoms with Crippen LogP contribution in [0.2, 0.25) is 0 Å². The van der Waals surface area contributed by atoms with Crippen molar-refractivity contribution in [3.05, 3.63) is 28.8 Å². The molecule has 0 bridgehead atoms. The maximum atomic E-state index is 12.7. The topological polar surface area (TPSA) is 26.3 Å². The third kappa shape index (κ3) is 2.18. The smallest absolute Gasteiger partial charge is 0.420 e. The Morgan fingerprint density at radius 1 is 1.31 bits per heavy atom. The van der Waals surface area contributed by atoms with Gasteiger partial charge in [0.25, 0.3) is 0 Å². The molecule has 0 aliphatic heterocycles. The van der Waals surface area contributed by atoms with Gasteiger partial charge in [-0.1, -0.05) is 6.07 Å². The maximum absolute atomic E-state index is 12.7. The molecule has 88 valence electrons. The van der Waals surface area contributed by atoms with Gasteiger partial charge in [-0.05, 0) is 25.5 Å². The van der Waals surface area contributed by atoms with Crippen molar-refractivity contribution >= 4 is 5.78 Å². The molecule has 1 aromatic carbocycles. The van der Waals surface area contributed by atoms with Crippen molar-refractivity contribution in [1.29, 1.82) is 0 Å². The molecule has 0 atom stereocenters. The van der Waals surface area contributed by atoms with E-state index in [1.54, 1.807) is 0 Å². The fourth-order valence-corrected chi connectivity index (χ4v) is 1.52. The SMILES string of the molecule is COc1c(C(C)=O)ccc(C)c1C(F)(F)F. The van der Waals surface area contributed by atoms with E-state index in [1.807, 2.05) is 0 Å². The average Bonchev–Trinajstić information content (AvgIpc) is 2.14. The van der Waals surface area contributed by atoms with Crippen LogP contribution in [0.15, 0.2) is 12.1 Å². The lowest BCUT2D eigenvalue weighted by Gasteiger charge is -2.16. The molecular formula is C11H11F3O2. The summed E-state index contributed by atoms with van der Waals surface area (Å²) in [5.74, 6) is -0.859. The third-order valence-electron chi connectivity index (χ3n) is 2.23. The second kappa shape index (κ2) is 4.15. The molecule has 0 aliphatic rings. The number of ketones is 1. The lowest BCUT2D eigenvalue weighted by molar-refractivity contribution is -0.139. The molecule has 0 aliphatic carbocycles. The van der Waals surface area contributed by atoms with Crippen LogP contribution in [-0.4, -0.2) is 12.9 Å². The molecule has 0 N–H and O–H groups in total. The van der Waals surface area contributed by atoms with Crippen molar-refractivity contribution in [3.8, 4) is 5.75 Å². The predicted octanol–water partition coefficient (Wildman–Crippen LogP) is 3.23. The highest BCUT2D eigenvalue weighted by Gasteiger charge is 2.37. The number of Topliss-reactive ketones (excluding diaryl/α,β-unsaturated/α-hetero) is 1. The van der Waals surface area contributed by atoms with Gasteiger partial charge in [-0.25, -0.2) is 0 Å². The van der Waals surface area contributed by atoms with Crippen LogP contribution in [0.3, 0.4) is 0 Å². The summed E-state index contributed by atoms with van der Waals surface area (Å²) < 4.78 is 42.9. The van der Waals surface area contributed by atoms with E-state index >= 15 is 0 Å². The summed E-state index contributed by atoms with van der Waals surface area (Å²) in [6, 6.07) is 2.60. The highest BCUT2D eigenvalue weighted by Crippen LogP contribution is 2.40. The standard InChI is InChI=1S/C11H11F3O2/c1-6-4-5-8(7(2)15)10(16-3)9(6)11(12,13)14/h4-5H,1-3H3. The van der Waals surface area contributed by atoms with Crippen molar-refractivity contribution in [1.82, 2.24) is 0 Å². The number of hydrogen-bond acceptors (Lipinski definition) is 2. The Bertz CT molecular complexity index is 422. The average molecular weight is 232 g/mol. The molecule has 0 saturated carbocycles. The lowest BCUT2D eigenvalue weighted by atomic mass is 10.0. The van der Waals surface area contributed by atoms with Gasteiger partial charge < -0.3 is 4.74 Å². The van der Waals surface area contributed by atoms with E-state index in [2.05, 4.69) is 0 Å². The van der Waals surface area contributed by atoms with Gasteiger partial charge >= 0.3 is 6.18 Å². The largest absolute Gasteiger partial charge is 0.495 e. The Morgan fingerprint density at radius 2 is 1.88 bits per heavy atom. The molecule has 0 amide bonds. The number of alkyl halides is 3. The summed E-state index contributed by atoms with van der Waals surface area (Å²) in [4.78, 5) is 11.2. The number of halogens is 3. The van der Waals surface area contributed by atoms with Crippen LogP contribution in [0.1, 0.15) is 28.4 Å². The molecule has 0 saturated heterocycles. The molecule has 16 heavy (non-hydrogen) atoms. The Balaban J connectivity index is 3.57. The first kappa shape index (κ1) is 12.5. The van der Waals surface area contributed by atoms with Gasteiger partial charge in [-0.2, -0.15) is 13.2 Å². The van der Waals surface area contributed by atoms with E-state index in [1.165, 1.54) is 26.0 Å². The van der Waals surface area contributed by atoms with Gasteiger partial charge in [0.2, 0.25) is 0 Å². The van der Waals surface area contributed by atoms with Crippen LogP contribution >= 0.6 is 0 Å². The minimum atomic E-state index is -4.53. The number of benzene rings is 1. The Labute approximate surface area is 91.0 Å². The van der Waals surface area contributed by atoms with Crippen LogP contribution in [0.25, 0.3) is 0 Å². The molecule has 0 unspecified atom stereocenters. The maximum Gasteiger partial charge on any atom is 0.420 e. The van der Waals surface area contributed by atoms with E-state index in [4.69, 9.17) is 4.74 Å². The molecule has 0 radical (unpaired) electrons. The molecule has 1 rings (SSSR count). The molecule has 0 spiro atoms. The van der Waals surface area contributed by atoms with Crippen molar-refractivity contribution in [2.24, 2.45) is 0 Å². The summed E-state index contributed by atoms with van der Waals surface area (Å²) in [6.07, 6.45) is -4.53. The van der Waals surface area contributed by atoms with Crippen molar-refractivity contribution in [2.45, 2.75) is 20.0 Å². The van der Waals surface area contributed by atoms with Crippen LogP contribution < -0.4 is 4.74 Å². The number of rotatable bonds is 2. The van der Waals surface area contributed by atoms with Gasteiger partial charge in [-0.3, -0.25) is 4.79 Å². The third-order valence-corrected chi connectivity index (χ3v) is 2.23. The number of carbonyl (C=O) groups excluding carboxylic acids is 1. The van der Waals surface area contributed by atoms with Crippen LogP contribution in [0.5, 0.6) is 5.75 Å². The van der Waals surface area contributed by atoms with E-state index in [-0.39, 0.29) is 11.1 Å². The van der Waals surface area contributed by atoms with Gasteiger partial charge in [0.05, 0.1) is 12.7 Å². The van der Waals surface area contributed by atoms with E-state index in [9.17, 15) is 18.0 Å². The van der Waals surface area contributed by atoms with Crippen molar-refractivity contribution < 1.29 is 22.7 Å². The number of carbonyl (C=O) groups is 1. The first-order valence-corrected chi connectivity index (χ1v) is 4.54. The molecule has 5 heteroatoms. The number of ether oxygens (including phenoxy) is 1. The van der Waals surface area contributed by atoms with Crippen LogP contribution in [0.4, 0.5) is 13.2 Å². The number of hydrogen-bond donors (Lipinski definition) is 0. The second-order valence-electron chi connectivity index (χ2n) is 3.39. The quantitative estimate of drug-likeness (QED) is 0.732. The Kier molecular flexibility index (Phi) is 3.26. The zero-order valence-electron chi connectivity index (χ0n) is 9.11. The van der Waals surface area contributed by atoms with Gasteiger partial charge in [0.15, 0.2) is 5.78 Å². The lowest BCUT2D eigenvalue weighted by Crippen LogP contribution is -2.12. The van der Waals surface area contributed by atoms with Crippen molar-refractivity contribution in [2.75, 3.05) is 7.11 Å². The summed E-state index contributed by atoms with van der Waals surface area (Å²) >= 11 is 0. The van der Waals surface area contributed by atoms with E-state index < -0.39 is 23.3 Å². The van der Waals surface area contributed by atoms with Gasteiger partial charge in [0.1, 0.15) is 11.3 Å².